The van der Waals surface area contributed by atoms with Crippen molar-refractivity contribution in [1.29, 1.82) is 0 Å². The van der Waals surface area contributed by atoms with Gasteiger partial charge < -0.3 is 30.3 Å². The molecule has 4 bridgehead atoms. The first-order valence-electron chi connectivity index (χ1n) is 17.2. The van der Waals surface area contributed by atoms with Crippen molar-refractivity contribution in [3.63, 3.8) is 0 Å². The van der Waals surface area contributed by atoms with E-state index >= 15 is 0 Å². The van der Waals surface area contributed by atoms with Gasteiger partial charge in [0.1, 0.15) is 5.75 Å². The van der Waals surface area contributed by atoms with Crippen LogP contribution in [0.5, 0.6) is 5.75 Å². The third kappa shape index (κ3) is 6.79. The average molecular weight is 683 g/mol. The first-order chi connectivity index (χ1) is 23.8. The molecule has 4 atom stereocenters. The van der Waals surface area contributed by atoms with Gasteiger partial charge in [-0.2, -0.15) is 4.68 Å². The number of nitrogens with zero attached hydrogens (tertiary/aromatic N) is 4. The lowest BCUT2D eigenvalue weighted by Gasteiger charge is -2.56. The van der Waals surface area contributed by atoms with Crippen molar-refractivity contribution < 1.29 is 24.5 Å². The van der Waals surface area contributed by atoms with E-state index in [4.69, 9.17) is 9.47 Å². The van der Waals surface area contributed by atoms with Crippen LogP contribution in [0, 0.1) is 23.7 Å². The quantitative estimate of drug-likeness (QED) is 0.145. The number of rotatable bonds is 9. The molecule has 5 fully saturated rings. The van der Waals surface area contributed by atoms with Gasteiger partial charge in [0.2, 0.25) is 5.16 Å². The van der Waals surface area contributed by atoms with E-state index < -0.39 is 6.29 Å². The second kappa shape index (κ2) is 13.4. The minimum Gasteiger partial charge on any atom is -0.508 e. The average Bonchev–Trinajstić information content (AvgIpc) is 3.56. The zero-order valence-electron chi connectivity index (χ0n) is 27.4. The van der Waals surface area contributed by atoms with Crippen molar-refractivity contribution in [2.75, 3.05) is 11.1 Å². The smallest absolute Gasteiger partial charge is 0.319 e. The van der Waals surface area contributed by atoms with Crippen LogP contribution in [-0.4, -0.2) is 53.8 Å². The Bertz CT molecular complexity index is 1730. The van der Waals surface area contributed by atoms with Crippen LogP contribution >= 0.6 is 11.8 Å². The number of carbonyl (C=O) groups excluding carboxylic acids is 1. The molecule has 3 aromatic carbocycles. The summed E-state index contributed by atoms with van der Waals surface area (Å²) < 4.78 is 14.9. The van der Waals surface area contributed by atoms with Gasteiger partial charge in [0.15, 0.2) is 6.29 Å². The van der Waals surface area contributed by atoms with Crippen LogP contribution in [0.1, 0.15) is 74.5 Å². The number of hydrogen-bond acceptors (Lipinski definition) is 9. The first-order valence-corrected chi connectivity index (χ1v) is 18.2. The molecule has 11 nitrogen and oxygen atoms in total. The number of hydrogen-bond donors (Lipinski definition) is 4. The summed E-state index contributed by atoms with van der Waals surface area (Å²) in [7, 11) is 0. The molecule has 4 aliphatic carbocycles. The van der Waals surface area contributed by atoms with Crippen LogP contribution in [0.25, 0.3) is 5.69 Å². The Morgan fingerprint density at radius 1 is 0.918 bits per heavy atom. The number of phenolic OH excluding ortho intramolecular Hbond substituents is 1. The summed E-state index contributed by atoms with van der Waals surface area (Å²) in [5.41, 5.74) is 4.10. The Morgan fingerprint density at radius 2 is 1.57 bits per heavy atom. The van der Waals surface area contributed by atoms with Gasteiger partial charge in [0.05, 0.1) is 24.5 Å². The second-order valence-electron chi connectivity index (χ2n) is 14.4. The lowest BCUT2D eigenvalue weighted by atomic mass is 9.53. The van der Waals surface area contributed by atoms with Gasteiger partial charge >= 0.3 is 6.03 Å². The number of aromatic hydroxyl groups is 1. The number of aromatic nitrogens is 4. The van der Waals surface area contributed by atoms with Crippen LogP contribution in [0.3, 0.4) is 0 Å². The number of carbonyl (C=O) groups is 1. The molecule has 12 heteroatoms. The van der Waals surface area contributed by atoms with E-state index in [1.54, 1.807) is 28.9 Å². The monoisotopic (exact) mass is 682 g/mol. The molecule has 49 heavy (non-hydrogen) atoms. The fourth-order valence-corrected chi connectivity index (χ4v) is 9.94. The maximum absolute atomic E-state index is 13.2. The van der Waals surface area contributed by atoms with Crippen LogP contribution < -0.4 is 10.6 Å². The molecular weight excluding hydrogens is 641 g/mol. The Hall–Kier alpha value is -3.97. The molecule has 4 saturated carbocycles. The minimum absolute atomic E-state index is 0.0176. The van der Waals surface area contributed by atoms with E-state index in [0.717, 1.165) is 65.1 Å². The lowest BCUT2D eigenvalue weighted by molar-refractivity contribution is -0.268. The summed E-state index contributed by atoms with van der Waals surface area (Å²) in [6.45, 7) is 2.09. The standard InChI is InChI=1S/C37H42N6O5S/c1-22-32(21-49-36-40-41-42-43(36)30-10-12-31(45)13-11-30)47-34(48-33(22)27-4-2-23(20-44)3-5-27)28-6-8-29(9-7-28)38-35(46)39-37-17-24-14-25(18-37)16-26(15-24)19-37/h2-13,22,24-26,32-34,44-45H,14-21H2,1H3,(H2,38,39,46). The zero-order chi connectivity index (χ0) is 33.5. The van der Waals surface area contributed by atoms with E-state index in [1.165, 1.54) is 31.0 Å². The van der Waals surface area contributed by atoms with Crippen LogP contribution in [-0.2, 0) is 16.1 Å². The van der Waals surface area contributed by atoms with Gasteiger partial charge in [0.25, 0.3) is 0 Å². The minimum atomic E-state index is -0.646. The molecule has 1 saturated heterocycles. The summed E-state index contributed by atoms with van der Waals surface area (Å²) in [6.07, 6.45) is 6.18. The molecule has 4 N–H and O–H groups in total. The molecule has 256 valence electrons. The van der Waals surface area contributed by atoms with E-state index in [0.29, 0.717) is 10.9 Å². The summed E-state index contributed by atoms with van der Waals surface area (Å²) in [4.78, 5) is 13.2. The fourth-order valence-electron chi connectivity index (χ4n) is 8.88. The van der Waals surface area contributed by atoms with Crippen molar-refractivity contribution in [1.82, 2.24) is 25.5 Å². The van der Waals surface area contributed by atoms with E-state index in [-0.39, 0.29) is 42.1 Å². The number of amides is 2. The molecule has 1 aromatic heterocycles. The zero-order valence-corrected chi connectivity index (χ0v) is 28.3. The maximum Gasteiger partial charge on any atom is 0.319 e. The molecule has 2 amide bonds. The van der Waals surface area contributed by atoms with E-state index in [9.17, 15) is 15.0 Å². The molecule has 1 aliphatic heterocycles. The number of benzene rings is 3. The van der Waals surface area contributed by atoms with Crippen LogP contribution in [0.4, 0.5) is 10.5 Å². The van der Waals surface area contributed by atoms with E-state index in [2.05, 4.69) is 33.1 Å². The number of aliphatic hydroxyl groups is 1. The SMILES string of the molecule is CC1C(CSc2nnnn2-c2ccc(O)cc2)OC(c2ccc(NC(=O)NC34CC5CC(CC(C5)C3)C4)cc2)OC1c1ccc(CO)cc1. The third-order valence-electron chi connectivity index (χ3n) is 10.9. The topological polar surface area (TPSA) is 144 Å². The largest absolute Gasteiger partial charge is 0.508 e. The number of anilines is 1. The fraction of sp³-hybridized carbons (Fsp3) is 0.459. The van der Waals surface area contributed by atoms with Gasteiger partial charge in [-0.25, -0.2) is 4.79 Å². The van der Waals surface area contributed by atoms with Gasteiger partial charge in [0, 0.05) is 28.5 Å². The van der Waals surface area contributed by atoms with Crippen molar-refractivity contribution in [3.8, 4) is 11.4 Å². The predicted molar refractivity (Wildman–Crippen MR) is 184 cm³/mol. The summed E-state index contributed by atoms with van der Waals surface area (Å²) in [6, 6.07) is 22.1. The van der Waals surface area contributed by atoms with Crippen molar-refractivity contribution in [3.05, 3.63) is 89.5 Å². The Morgan fingerprint density at radius 3 is 2.22 bits per heavy atom. The Kier molecular flexibility index (Phi) is 8.81. The second-order valence-corrected chi connectivity index (χ2v) is 15.4. The normalized spacial score (nSPS) is 30.3. The first kappa shape index (κ1) is 32.2. The number of urea groups is 1. The number of thioether (sulfide) groups is 1. The van der Waals surface area contributed by atoms with Gasteiger partial charge in [-0.05, 0) is 114 Å². The molecular formula is C37H42N6O5S. The van der Waals surface area contributed by atoms with Crippen molar-refractivity contribution in [2.24, 2.45) is 23.7 Å². The highest BCUT2D eigenvalue weighted by molar-refractivity contribution is 7.99. The van der Waals surface area contributed by atoms with Gasteiger partial charge in [-0.3, -0.25) is 0 Å². The molecule has 4 aromatic rings. The molecule has 5 aliphatic rings. The lowest BCUT2D eigenvalue weighted by Crippen LogP contribution is -2.60. The highest BCUT2D eigenvalue weighted by Gasteiger charge is 2.51. The number of phenols is 1. The highest BCUT2D eigenvalue weighted by atomic mass is 32.2. The summed E-state index contributed by atoms with van der Waals surface area (Å²) in [5.74, 6) is 3.00. The number of nitrogens with one attached hydrogen (secondary N) is 2. The van der Waals surface area contributed by atoms with E-state index in [1.807, 2.05) is 48.5 Å². The van der Waals surface area contributed by atoms with Gasteiger partial charge in [-0.1, -0.05) is 55.1 Å². The third-order valence-corrected chi connectivity index (χ3v) is 11.9. The predicted octanol–water partition coefficient (Wildman–Crippen LogP) is 6.53. The summed E-state index contributed by atoms with van der Waals surface area (Å²) >= 11 is 1.49. The molecule has 0 radical (unpaired) electrons. The summed E-state index contributed by atoms with van der Waals surface area (Å²) in [5, 5.41) is 38.7. The maximum atomic E-state index is 13.2. The number of tetrazole rings is 1. The van der Waals surface area contributed by atoms with Crippen LogP contribution in [0.2, 0.25) is 0 Å². The van der Waals surface area contributed by atoms with Crippen molar-refractivity contribution in [2.45, 2.75) is 81.2 Å². The number of aliphatic hydroxyl groups excluding tert-OH is 1. The molecule has 0 spiro atoms. The Balaban J connectivity index is 0.970. The van der Waals surface area contributed by atoms with Gasteiger partial charge in [-0.15, -0.1) is 5.10 Å². The van der Waals surface area contributed by atoms with Crippen molar-refractivity contribution >= 4 is 23.5 Å². The number of ether oxygens (including phenoxy) is 2. The molecule has 2 heterocycles. The molecule has 9 rings (SSSR count). The highest BCUT2D eigenvalue weighted by Crippen LogP contribution is 2.55. The van der Waals surface area contributed by atoms with Crippen LogP contribution in [0.15, 0.2) is 78.0 Å². The Labute approximate surface area is 289 Å². The molecule has 4 unspecified atom stereocenters.